The molecule has 4 nitrogen and oxygen atoms in total. The number of halogens is 1. The molecule has 0 unspecified atom stereocenters. The standard InChI is InChI=1S/C18H20FN3OS/c1-10-5-6-14(13(19)7-10)21-18(23)16-12(9-22(3)4)17-15(20-16)8-11(2)24-17/h5-8,20H,9H2,1-4H3,(H,21,23). The lowest BCUT2D eigenvalue weighted by Crippen LogP contribution is -2.18. The first-order valence-corrected chi connectivity index (χ1v) is 8.50. The smallest absolute Gasteiger partial charge is 0.272 e. The van der Waals surface area contributed by atoms with E-state index in [2.05, 4.69) is 10.3 Å². The number of carbonyl (C=O) groups is 1. The summed E-state index contributed by atoms with van der Waals surface area (Å²) in [6, 6.07) is 6.80. The first-order valence-electron chi connectivity index (χ1n) is 7.68. The zero-order valence-electron chi connectivity index (χ0n) is 14.2. The number of aromatic amines is 1. The second-order valence-electron chi connectivity index (χ2n) is 6.25. The van der Waals surface area contributed by atoms with E-state index < -0.39 is 5.82 Å². The Bertz CT molecular complexity index is 911. The van der Waals surface area contributed by atoms with Crippen molar-refractivity contribution in [2.45, 2.75) is 20.4 Å². The molecule has 24 heavy (non-hydrogen) atoms. The number of nitrogens with zero attached hydrogens (tertiary/aromatic N) is 1. The van der Waals surface area contributed by atoms with Gasteiger partial charge in [0.1, 0.15) is 11.5 Å². The van der Waals surface area contributed by atoms with E-state index in [1.807, 2.05) is 38.9 Å². The number of thiophene rings is 1. The van der Waals surface area contributed by atoms with Crippen LogP contribution in [0.15, 0.2) is 24.3 Å². The molecule has 3 aromatic rings. The fraction of sp³-hybridized carbons (Fsp3) is 0.278. The van der Waals surface area contributed by atoms with Gasteiger partial charge in [-0.3, -0.25) is 4.79 Å². The molecule has 2 heterocycles. The molecule has 0 bridgehead atoms. The highest BCUT2D eigenvalue weighted by Gasteiger charge is 2.20. The first kappa shape index (κ1) is 16.7. The van der Waals surface area contributed by atoms with Crippen LogP contribution in [0, 0.1) is 19.7 Å². The highest BCUT2D eigenvalue weighted by molar-refractivity contribution is 7.19. The van der Waals surface area contributed by atoms with Crippen LogP contribution in [0.3, 0.4) is 0 Å². The number of aryl methyl sites for hydroxylation is 2. The third-order valence-corrected chi connectivity index (χ3v) is 4.88. The summed E-state index contributed by atoms with van der Waals surface area (Å²) in [5, 5.41) is 2.67. The number of rotatable bonds is 4. The highest BCUT2D eigenvalue weighted by Crippen LogP contribution is 2.32. The Morgan fingerprint density at radius 1 is 1.29 bits per heavy atom. The van der Waals surface area contributed by atoms with Gasteiger partial charge in [-0.05, 0) is 51.7 Å². The fourth-order valence-electron chi connectivity index (χ4n) is 2.72. The molecule has 1 aromatic carbocycles. The number of hydrogen-bond donors (Lipinski definition) is 2. The topological polar surface area (TPSA) is 48.1 Å². The Balaban J connectivity index is 1.98. The predicted octanol–water partition coefficient (Wildman–Crippen LogP) is 4.30. The predicted molar refractivity (Wildman–Crippen MR) is 97.4 cm³/mol. The van der Waals surface area contributed by atoms with E-state index in [0.717, 1.165) is 21.3 Å². The minimum Gasteiger partial charge on any atom is -0.350 e. The first-order chi connectivity index (χ1) is 11.3. The lowest BCUT2D eigenvalue weighted by Gasteiger charge is -2.11. The summed E-state index contributed by atoms with van der Waals surface area (Å²) in [6.45, 7) is 4.49. The van der Waals surface area contributed by atoms with Crippen LogP contribution < -0.4 is 5.32 Å². The van der Waals surface area contributed by atoms with Gasteiger partial charge in [0.15, 0.2) is 0 Å². The molecule has 0 saturated carbocycles. The molecule has 1 amide bonds. The molecule has 0 aliphatic carbocycles. The lowest BCUT2D eigenvalue weighted by atomic mass is 10.2. The molecule has 6 heteroatoms. The third kappa shape index (κ3) is 3.20. The van der Waals surface area contributed by atoms with Crippen LogP contribution in [0.2, 0.25) is 0 Å². The molecule has 0 fully saturated rings. The van der Waals surface area contributed by atoms with Gasteiger partial charge in [-0.15, -0.1) is 11.3 Å². The van der Waals surface area contributed by atoms with E-state index in [-0.39, 0.29) is 11.6 Å². The molecule has 0 spiro atoms. The second kappa shape index (κ2) is 6.37. The van der Waals surface area contributed by atoms with E-state index >= 15 is 0 Å². The number of anilines is 1. The van der Waals surface area contributed by atoms with Crippen molar-refractivity contribution < 1.29 is 9.18 Å². The van der Waals surface area contributed by atoms with Crippen molar-refractivity contribution in [3.8, 4) is 0 Å². The Kier molecular flexibility index (Phi) is 4.43. The molecular weight excluding hydrogens is 325 g/mol. The van der Waals surface area contributed by atoms with Crippen LogP contribution in [-0.4, -0.2) is 29.9 Å². The van der Waals surface area contributed by atoms with Gasteiger partial charge in [-0.2, -0.15) is 0 Å². The summed E-state index contributed by atoms with van der Waals surface area (Å²) in [7, 11) is 3.92. The molecule has 0 aliphatic rings. The summed E-state index contributed by atoms with van der Waals surface area (Å²) in [5.41, 5.74) is 3.39. The number of H-pyrrole nitrogens is 1. The molecule has 0 atom stereocenters. The van der Waals surface area contributed by atoms with Crippen molar-refractivity contribution in [1.29, 1.82) is 0 Å². The van der Waals surface area contributed by atoms with Crippen molar-refractivity contribution in [3.63, 3.8) is 0 Å². The van der Waals surface area contributed by atoms with Crippen molar-refractivity contribution >= 4 is 33.1 Å². The van der Waals surface area contributed by atoms with E-state index in [1.165, 1.54) is 10.9 Å². The van der Waals surface area contributed by atoms with Crippen LogP contribution in [0.5, 0.6) is 0 Å². The molecule has 0 radical (unpaired) electrons. The van der Waals surface area contributed by atoms with Crippen LogP contribution in [0.25, 0.3) is 10.2 Å². The summed E-state index contributed by atoms with van der Waals surface area (Å²) in [5.74, 6) is -0.752. The number of aromatic nitrogens is 1. The molecule has 3 rings (SSSR count). The van der Waals surface area contributed by atoms with E-state index in [1.54, 1.807) is 23.5 Å². The summed E-state index contributed by atoms with van der Waals surface area (Å²) in [6.07, 6.45) is 0. The van der Waals surface area contributed by atoms with Gasteiger partial charge in [0.25, 0.3) is 5.91 Å². The molecule has 0 saturated heterocycles. The third-order valence-electron chi connectivity index (χ3n) is 3.77. The van der Waals surface area contributed by atoms with E-state index in [4.69, 9.17) is 0 Å². The zero-order chi connectivity index (χ0) is 17.4. The Labute approximate surface area is 144 Å². The summed E-state index contributed by atoms with van der Waals surface area (Å²) in [4.78, 5) is 19.1. The van der Waals surface area contributed by atoms with Crippen molar-refractivity contribution in [2.24, 2.45) is 0 Å². The van der Waals surface area contributed by atoms with E-state index in [0.29, 0.717) is 12.2 Å². The van der Waals surface area contributed by atoms with Crippen molar-refractivity contribution in [3.05, 3.63) is 51.8 Å². The number of amides is 1. The molecule has 2 N–H and O–H groups in total. The largest absolute Gasteiger partial charge is 0.350 e. The van der Waals surface area contributed by atoms with Gasteiger partial charge in [-0.1, -0.05) is 6.07 Å². The van der Waals surface area contributed by atoms with Crippen LogP contribution in [-0.2, 0) is 6.54 Å². The minimum absolute atomic E-state index is 0.190. The molecule has 126 valence electrons. The van der Waals surface area contributed by atoms with Gasteiger partial charge in [0.2, 0.25) is 0 Å². The Hall–Kier alpha value is -2.18. The average molecular weight is 345 g/mol. The van der Waals surface area contributed by atoms with Crippen LogP contribution in [0.4, 0.5) is 10.1 Å². The quantitative estimate of drug-likeness (QED) is 0.741. The highest BCUT2D eigenvalue weighted by atomic mass is 32.1. The summed E-state index contributed by atoms with van der Waals surface area (Å²) < 4.78 is 15.1. The maximum atomic E-state index is 14.0. The van der Waals surface area contributed by atoms with Crippen molar-refractivity contribution in [2.75, 3.05) is 19.4 Å². The fourth-order valence-corrected chi connectivity index (χ4v) is 3.73. The number of nitrogens with one attached hydrogen (secondary N) is 2. The number of fused-ring (bicyclic) bond motifs is 1. The lowest BCUT2D eigenvalue weighted by molar-refractivity contribution is 0.102. The minimum atomic E-state index is -0.429. The van der Waals surface area contributed by atoms with Gasteiger partial charge in [0, 0.05) is 17.0 Å². The average Bonchev–Trinajstić information content (AvgIpc) is 2.99. The summed E-state index contributed by atoms with van der Waals surface area (Å²) >= 11 is 1.66. The van der Waals surface area contributed by atoms with E-state index in [9.17, 15) is 9.18 Å². The molecule has 2 aromatic heterocycles. The number of benzene rings is 1. The monoisotopic (exact) mass is 345 g/mol. The maximum Gasteiger partial charge on any atom is 0.272 e. The number of carbonyl (C=O) groups excluding carboxylic acids is 1. The Morgan fingerprint density at radius 2 is 2.04 bits per heavy atom. The zero-order valence-corrected chi connectivity index (χ0v) is 15.0. The normalized spacial score (nSPS) is 11.4. The van der Waals surface area contributed by atoms with Crippen LogP contribution in [0.1, 0.15) is 26.5 Å². The van der Waals surface area contributed by atoms with Crippen molar-refractivity contribution in [1.82, 2.24) is 9.88 Å². The van der Waals surface area contributed by atoms with Gasteiger partial charge >= 0.3 is 0 Å². The maximum absolute atomic E-state index is 14.0. The van der Waals surface area contributed by atoms with Gasteiger partial charge < -0.3 is 15.2 Å². The van der Waals surface area contributed by atoms with Crippen LogP contribution >= 0.6 is 11.3 Å². The Morgan fingerprint density at radius 3 is 2.71 bits per heavy atom. The van der Waals surface area contributed by atoms with Gasteiger partial charge in [0.05, 0.1) is 15.9 Å². The molecule has 0 aliphatic heterocycles. The molecular formula is C18H20FN3OS. The second-order valence-corrected chi connectivity index (χ2v) is 7.51. The number of hydrogen-bond acceptors (Lipinski definition) is 3. The SMILES string of the molecule is Cc1ccc(NC(=O)c2[nH]c3cc(C)sc3c2CN(C)C)c(F)c1. The van der Waals surface area contributed by atoms with Gasteiger partial charge in [-0.25, -0.2) is 4.39 Å².